The summed E-state index contributed by atoms with van der Waals surface area (Å²) in [5, 5.41) is 2.03. The molecular weight excluding hydrogens is 419 g/mol. The number of cyclic esters (lactones) is 1. The third-order valence-corrected chi connectivity index (χ3v) is 5.00. The van der Waals surface area contributed by atoms with Gasteiger partial charge >= 0.3 is 12.1 Å². The quantitative estimate of drug-likeness (QED) is 0.275. The van der Waals surface area contributed by atoms with Crippen LogP contribution in [0.15, 0.2) is 94.0 Å². The van der Waals surface area contributed by atoms with E-state index in [-0.39, 0.29) is 28.7 Å². The fourth-order valence-electron chi connectivity index (χ4n) is 3.42. The summed E-state index contributed by atoms with van der Waals surface area (Å²) in [7, 11) is 0. The van der Waals surface area contributed by atoms with E-state index in [0.29, 0.717) is 5.56 Å². The van der Waals surface area contributed by atoms with Gasteiger partial charge in [0, 0.05) is 17.2 Å². The maximum Gasteiger partial charge on any atom is 0.416 e. The Morgan fingerprint density at radius 3 is 2.44 bits per heavy atom. The number of halogens is 3. The second-order valence-electron chi connectivity index (χ2n) is 7.18. The molecule has 0 saturated heterocycles. The third kappa shape index (κ3) is 3.80. The minimum atomic E-state index is -4.45. The molecule has 0 N–H and O–H groups in total. The number of fused-ring (bicyclic) bond motifs is 1. The number of carbonyl (C=O) groups is 1. The highest BCUT2D eigenvalue weighted by Crippen LogP contribution is 2.33. The number of hydrogen-bond donors (Lipinski definition) is 0. The maximum absolute atomic E-state index is 13.0. The second kappa shape index (κ2) is 7.53. The first-order chi connectivity index (χ1) is 15.4. The molecule has 0 unspecified atom stereocenters. The monoisotopic (exact) mass is 433 g/mol. The van der Waals surface area contributed by atoms with E-state index in [4.69, 9.17) is 9.15 Å². The molecule has 3 aromatic carbocycles. The minimum absolute atomic E-state index is 0.0399. The summed E-state index contributed by atoms with van der Waals surface area (Å²) in [4.78, 5) is 16.6. The van der Waals surface area contributed by atoms with Crippen molar-refractivity contribution in [1.82, 2.24) is 0 Å². The number of benzene rings is 3. The van der Waals surface area contributed by atoms with Crippen molar-refractivity contribution in [2.75, 3.05) is 0 Å². The fraction of sp³-hybridized carbons (Fsp3) is 0.0400. The summed E-state index contributed by atoms with van der Waals surface area (Å²) in [6.07, 6.45) is -3.05. The Kier molecular flexibility index (Phi) is 4.66. The topological polar surface area (TPSA) is 51.8 Å². The molecule has 0 saturated carbocycles. The van der Waals surface area contributed by atoms with Crippen LogP contribution in [0.25, 0.3) is 28.2 Å². The van der Waals surface area contributed by atoms with E-state index in [1.807, 2.05) is 42.5 Å². The van der Waals surface area contributed by atoms with E-state index < -0.39 is 17.7 Å². The van der Waals surface area contributed by atoms with Gasteiger partial charge in [-0.3, -0.25) is 0 Å². The van der Waals surface area contributed by atoms with Crippen LogP contribution < -0.4 is 0 Å². The highest BCUT2D eigenvalue weighted by atomic mass is 19.4. The average molecular weight is 433 g/mol. The highest BCUT2D eigenvalue weighted by Gasteiger charge is 2.30. The van der Waals surface area contributed by atoms with Crippen molar-refractivity contribution in [1.29, 1.82) is 0 Å². The van der Waals surface area contributed by atoms with Crippen molar-refractivity contribution in [3.8, 4) is 11.3 Å². The van der Waals surface area contributed by atoms with Crippen LogP contribution in [0, 0.1) is 0 Å². The Hall–Kier alpha value is -4.13. The fourth-order valence-corrected chi connectivity index (χ4v) is 3.42. The molecule has 158 valence electrons. The van der Waals surface area contributed by atoms with Crippen molar-refractivity contribution in [3.05, 3.63) is 101 Å². The Labute approximate surface area is 180 Å². The Morgan fingerprint density at radius 2 is 1.62 bits per heavy atom. The number of rotatable bonds is 3. The van der Waals surface area contributed by atoms with Gasteiger partial charge < -0.3 is 9.15 Å². The summed E-state index contributed by atoms with van der Waals surface area (Å²) in [5.41, 5.74) is 0.205. The van der Waals surface area contributed by atoms with Gasteiger partial charge in [0.05, 0.1) is 5.56 Å². The van der Waals surface area contributed by atoms with Crippen molar-refractivity contribution in [2.24, 2.45) is 4.99 Å². The van der Waals surface area contributed by atoms with Crippen LogP contribution in [0.2, 0.25) is 0 Å². The summed E-state index contributed by atoms with van der Waals surface area (Å²) < 4.78 is 49.8. The Morgan fingerprint density at radius 1 is 0.812 bits per heavy atom. The van der Waals surface area contributed by atoms with E-state index in [1.165, 1.54) is 24.3 Å². The standard InChI is InChI=1S/C25H14F3NO3/c26-25(27,28)19-7-3-6-17(13-19)22-11-10-20(31-22)14-21-24(30)32-23(29-21)18-9-8-15-4-1-2-5-16(15)12-18/h1-14H/b21-14-. The van der Waals surface area contributed by atoms with E-state index >= 15 is 0 Å². The first-order valence-electron chi connectivity index (χ1n) is 9.66. The molecule has 7 heteroatoms. The predicted molar refractivity (Wildman–Crippen MR) is 114 cm³/mol. The first kappa shape index (κ1) is 19.8. The number of furan rings is 1. The first-order valence-corrected chi connectivity index (χ1v) is 9.66. The molecule has 4 aromatic rings. The van der Waals surface area contributed by atoms with Gasteiger partial charge in [-0.15, -0.1) is 0 Å². The summed E-state index contributed by atoms with van der Waals surface area (Å²) in [6, 6.07) is 21.3. The molecule has 2 heterocycles. The van der Waals surface area contributed by atoms with Gasteiger partial charge in [0.1, 0.15) is 11.5 Å². The highest BCUT2D eigenvalue weighted by molar-refractivity contribution is 6.13. The average Bonchev–Trinajstić information content (AvgIpc) is 3.40. The summed E-state index contributed by atoms with van der Waals surface area (Å²) in [6.45, 7) is 0. The normalized spacial score (nSPS) is 15.3. The number of ether oxygens (including phenoxy) is 1. The van der Waals surface area contributed by atoms with Crippen LogP contribution in [0.4, 0.5) is 13.2 Å². The van der Waals surface area contributed by atoms with Crippen LogP contribution in [-0.2, 0) is 15.7 Å². The number of alkyl halides is 3. The van der Waals surface area contributed by atoms with Gasteiger partial charge in [-0.2, -0.15) is 13.2 Å². The molecule has 32 heavy (non-hydrogen) atoms. The molecular formula is C25H14F3NO3. The molecule has 0 fully saturated rings. The Bertz CT molecular complexity index is 1410. The van der Waals surface area contributed by atoms with Gasteiger partial charge in [0.15, 0.2) is 5.70 Å². The number of aliphatic imine (C=N–C) groups is 1. The van der Waals surface area contributed by atoms with Crippen molar-refractivity contribution < 1.29 is 27.1 Å². The SMILES string of the molecule is O=C1OC(c2ccc3ccccc3c2)=N/C1=C\c1ccc(-c2cccc(C(F)(F)F)c2)o1. The van der Waals surface area contributed by atoms with E-state index in [2.05, 4.69) is 4.99 Å². The van der Waals surface area contributed by atoms with Crippen molar-refractivity contribution in [2.45, 2.75) is 6.18 Å². The number of carbonyl (C=O) groups excluding carboxylic acids is 1. The van der Waals surface area contributed by atoms with Gasteiger partial charge in [-0.1, -0.05) is 42.5 Å². The lowest BCUT2D eigenvalue weighted by Crippen LogP contribution is -2.05. The van der Waals surface area contributed by atoms with Crippen molar-refractivity contribution >= 4 is 28.7 Å². The molecule has 0 bridgehead atoms. The Balaban J connectivity index is 1.43. The molecule has 0 aliphatic carbocycles. The molecule has 1 aliphatic rings. The lowest BCUT2D eigenvalue weighted by atomic mass is 10.1. The zero-order valence-corrected chi connectivity index (χ0v) is 16.4. The minimum Gasteiger partial charge on any atom is -0.457 e. The molecule has 0 atom stereocenters. The lowest BCUT2D eigenvalue weighted by molar-refractivity contribution is -0.137. The van der Waals surface area contributed by atoms with Gasteiger partial charge in [0.25, 0.3) is 0 Å². The number of hydrogen-bond acceptors (Lipinski definition) is 4. The van der Waals surface area contributed by atoms with Crippen LogP contribution in [0.3, 0.4) is 0 Å². The van der Waals surface area contributed by atoms with Crippen molar-refractivity contribution in [3.63, 3.8) is 0 Å². The van der Waals surface area contributed by atoms with E-state index in [9.17, 15) is 18.0 Å². The molecule has 1 aromatic heterocycles. The largest absolute Gasteiger partial charge is 0.457 e. The molecule has 4 nitrogen and oxygen atoms in total. The zero-order valence-electron chi connectivity index (χ0n) is 16.4. The van der Waals surface area contributed by atoms with Gasteiger partial charge in [0.2, 0.25) is 5.90 Å². The molecule has 0 amide bonds. The number of nitrogens with zero attached hydrogens (tertiary/aromatic N) is 1. The second-order valence-corrected chi connectivity index (χ2v) is 7.18. The number of esters is 1. The van der Waals surface area contributed by atoms with Crippen LogP contribution >= 0.6 is 0 Å². The third-order valence-electron chi connectivity index (χ3n) is 5.00. The van der Waals surface area contributed by atoms with Crippen LogP contribution in [0.5, 0.6) is 0 Å². The van der Waals surface area contributed by atoms with Gasteiger partial charge in [-0.05, 0) is 47.2 Å². The molecule has 0 radical (unpaired) electrons. The molecule has 1 aliphatic heterocycles. The van der Waals surface area contributed by atoms with E-state index in [0.717, 1.165) is 22.9 Å². The maximum atomic E-state index is 13.0. The summed E-state index contributed by atoms with van der Waals surface area (Å²) in [5.74, 6) is 0.0581. The predicted octanol–water partition coefficient (Wildman–Crippen LogP) is 6.46. The summed E-state index contributed by atoms with van der Waals surface area (Å²) >= 11 is 0. The van der Waals surface area contributed by atoms with Gasteiger partial charge in [-0.25, -0.2) is 9.79 Å². The lowest BCUT2D eigenvalue weighted by Gasteiger charge is -2.07. The van der Waals surface area contributed by atoms with E-state index in [1.54, 1.807) is 6.07 Å². The molecule has 5 rings (SSSR count). The van der Waals surface area contributed by atoms with Crippen LogP contribution in [0.1, 0.15) is 16.9 Å². The van der Waals surface area contributed by atoms with Crippen LogP contribution in [-0.4, -0.2) is 11.9 Å². The molecule has 0 spiro atoms. The smallest absolute Gasteiger partial charge is 0.416 e. The zero-order chi connectivity index (χ0) is 22.3.